The van der Waals surface area contributed by atoms with Gasteiger partial charge in [0.1, 0.15) is 0 Å². The molecule has 3 N–H and O–H groups in total. The van der Waals surface area contributed by atoms with Crippen molar-refractivity contribution in [1.29, 1.82) is 0 Å². The van der Waals surface area contributed by atoms with E-state index in [0.29, 0.717) is 19.7 Å². The molecule has 0 saturated carbocycles. The number of aryl methyl sites for hydroxylation is 1. The molecule has 0 radical (unpaired) electrons. The second kappa shape index (κ2) is 7.43. The molecule has 1 aliphatic heterocycles. The number of hydrogen-bond donors (Lipinski definition) is 2. The third-order valence-electron chi connectivity index (χ3n) is 3.90. The number of nitrogens with one attached hydrogen (secondary N) is 1. The fourth-order valence-electron chi connectivity index (χ4n) is 2.90. The number of nitrogens with zero attached hydrogens (tertiary/aromatic N) is 1. The van der Waals surface area contributed by atoms with Gasteiger partial charge in [-0.2, -0.15) is 0 Å². The first-order valence-electron chi connectivity index (χ1n) is 7.48. The van der Waals surface area contributed by atoms with Crippen LogP contribution in [0.3, 0.4) is 0 Å². The van der Waals surface area contributed by atoms with Crippen molar-refractivity contribution in [2.45, 2.75) is 31.8 Å². The smallest absolute Gasteiger partial charge is 0.239 e. The summed E-state index contributed by atoms with van der Waals surface area (Å²) in [5.74, 6) is 0.00898. The minimum absolute atomic E-state index is 0.00898. The van der Waals surface area contributed by atoms with Gasteiger partial charge in [0.15, 0.2) is 0 Å². The number of rotatable bonds is 6. The number of anilines is 1. The Labute approximate surface area is 126 Å². The van der Waals surface area contributed by atoms with Gasteiger partial charge in [-0.15, -0.1) is 0 Å². The normalized spacial score (nSPS) is 19.0. The lowest BCUT2D eigenvalue weighted by Crippen LogP contribution is -2.50. The summed E-state index contributed by atoms with van der Waals surface area (Å²) in [5.41, 5.74) is 8.31. The minimum Gasteiger partial charge on any atom is -0.383 e. The maximum absolute atomic E-state index is 12.2. The van der Waals surface area contributed by atoms with Crippen molar-refractivity contribution in [3.05, 3.63) is 29.8 Å². The van der Waals surface area contributed by atoms with E-state index in [1.54, 1.807) is 7.11 Å². The van der Waals surface area contributed by atoms with E-state index >= 15 is 0 Å². The van der Waals surface area contributed by atoms with E-state index in [1.165, 1.54) is 5.56 Å². The molecule has 5 nitrogen and oxygen atoms in total. The average Bonchev–Trinajstić information content (AvgIpc) is 2.47. The molecule has 0 bridgehead atoms. The van der Waals surface area contributed by atoms with Crippen molar-refractivity contribution in [3.63, 3.8) is 0 Å². The quantitative estimate of drug-likeness (QED) is 0.818. The highest BCUT2D eigenvalue weighted by atomic mass is 16.5. The van der Waals surface area contributed by atoms with Crippen LogP contribution in [0.5, 0.6) is 0 Å². The summed E-state index contributed by atoms with van der Waals surface area (Å²) in [6.07, 6.45) is 2.02. The Hall–Kier alpha value is -1.59. The predicted octanol–water partition coefficient (Wildman–Crippen LogP) is 0.918. The molecule has 5 heteroatoms. The molecule has 1 aromatic rings. The molecular weight excluding hydrogens is 266 g/mol. The Morgan fingerprint density at radius 3 is 3.00 bits per heavy atom. The number of fused-ring (bicyclic) bond motifs is 1. The fraction of sp³-hybridized carbons (Fsp3) is 0.562. The van der Waals surface area contributed by atoms with Gasteiger partial charge >= 0.3 is 0 Å². The van der Waals surface area contributed by atoms with Gasteiger partial charge in [0.2, 0.25) is 5.91 Å². The van der Waals surface area contributed by atoms with Crippen molar-refractivity contribution in [2.24, 2.45) is 5.73 Å². The molecule has 2 unspecified atom stereocenters. The highest BCUT2D eigenvalue weighted by Gasteiger charge is 2.26. The second-order valence-corrected chi connectivity index (χ2v) is 5.61. The first kappa shape index (κ1) is 15.8. The zero-order valence-electron chi connectivity index (χ0n) is 12.8. The van der Waals surface area contributed by atoms with Gasteiger partial charge in [-0.05, 0) is 31.4 Å². The number of nitrogens with two attached hydrogens (primary N) is 1. The lowest BCUT2D eigenvalue weighted by atomic mass is 9.95. The van der Waals surface area contributed by atoms with Gasteiger partial charge in [-0.25, -0.2) is 0 Å². The Morgan fingerprint density at radius 2 is 2.29 bits per heavy atom. The van der Waals surface area contributed by atoms with Crippen LogP contribution in [-0.2, 0) is 16.0 Å². The molecule has 0 fully saturated rings. The van der Waals surface area contributed by atoms with Crippen LogP contribution in [0, 0.1) is 0 Å². The maximum atomic E-state index is 12.2. The largest absolute Gasteiger partial charge is 0.383 e. The van der Waals surface area contributed by atoms with Crippen molar-refractivity contribution in [3.8, 4) is 0 Å². The lowest BCUT2D eigenvalue weighted by Gasteiger charge is -2.38. The number of para-hydroxylation sites is 1. The Kier molecular flexibility index (Phi) is 5.59. The van der Waals surface area contributed by atoms with E-state index in [4.69, 9.17) is 10.5 Å². The Morgan fingerprint density at radius 1 is 1.52 bits per heavy atom. The van der Waals surface area contributed by atoms with E-state index in [2.05, 4.69) is 22.3 Å². The SMILES string of the molecule is COCC(C)NC(=O)CN1c2ccccc2CCC1CN. The highest BCUT2D eigenvalue weighted by Crippen LogP contribution is 2.29. The maximum Gasteiger partial charge on any atom is 0.239 e. The number of benzene rings is 1. The number of carbonyl (C=O) groups is 1. The van der Waals surface area contributed by atoms with E-state index < -0.39 is 0 Å². The van der Waals surface area contributed by atoms with Crippen molar-refractivity contribution in [1.82, 2.24) is 5.32 Å². The molecular formula is C16H25N3O2. The number of ether oxygens (including phenoxy) is 1. The van der Waals surface area contributed by atoms with Gasteiger partial charge in [0.05, 0.1) is 13.2 Å². The van der Waals surface area contributed by atoms with E-state index in [1.807, 2.05) is 19.1 Å². The summed E-state index contributed by atoms with van der Waals surface area (Å²) in [6.45, 7) is 3.36. The molecule has 1 amide bonds. The van der Waals surface area contributed by atoms with Crippen LogP contribution in [0.2, 0.25) is 0 Å². The molecule has 2 atom stereocenters. The molecule has 0 aromatic heterocycles. The lowest BCUT2D eigenvalue weighted by molar-refractivity contribution is -0.120. The molecule has 116 valence electrons. The van der Waals surface area contributed by atoms with Crippen LogP contribution < -0.4 is 16.0 Å². The summed E-state index contributed by atoms with van der Waals surface area (Å²) in [4.78, 5) is 14.4. The van der Waals surface area contributed by atoms with Crippen molar-refractivity contribution >= 4 is 11.6 Å². The third kappa shape index (κ3) is 3.95. The third-order valence-corrected chi connectivity index (χ3v) is 3.90. The first-order chi connectivity index (χ1) is 10.2. The van der Waals surface area contributed by atoms with Crippen LogP contribution in [0.1, 0.15) is 18.9 Å². The van der Waals surface area contributed by atoms with Crippen LogP contribution in [0.4, 0.5) is 5.69 Å². The molecule has 1 aliphatic rings. The number of amides is 1. The van der Waals surface area contributed by atoms with Crippen LogP contribution >= 0.6 is 0 Å². The van der Waals surface area contributed by atoms with Crippen molar-refractivity contribution < 1.29 is 9.53 Å². The Balaban J connectivity index is 2.07. The highest BCUT2D eigenvalue weighted by molar-refractivity contribution is 5.82. The number of carbonyl (C=O) groups excluding carboxylic acids is 1. The van der Waals surface area contributed by atoms with Gasteiger partial charge < -0.3 is 20.7 Å². The van der Waals surface area contributed by atoms with Crippen LogP contribution in [0.25, 0.3) is 0 Å². The molecule has 0 spiro atoms. The van der Waals surface area contributed by atoms with Gasteiger partial charge in [0, 0.05) is 31.4 Å². The topological polar surface area (TPSA) is 67.6 Å². The fourth-order valence-corrected chi connectivity index (χ4v) is 2.90. The second-order valence-electron chi connectivity index (χ2n) is 5.61. The van der Waals surface area contributed by atoms with Crippen LogP contribution in [0.15, 0.2) is 24.3 Å². The van der Waals surface area contributed by atoms with E-state index in [0.717, 1.165) is 18.5 Å². The molecule has 0 saturated heterocycles. The molecule has 1 heterocycles. The van der Waals surface area contributed by atoms with Crippen molar-refractivity contribution in [2.75, 3.05) is 31.7 Å². The average molecular weight is 291 g/mol. The standard InChI is InChI=1S/C16H25N3O2/c1-12(11-21-2)18-16(20)10-19-14(9-17)8-7-13-5-3-4-6-15(13)19/h3-6,12,14H,7-11,17H2,1-2H3,(H,18,20). The Bertz CT molecular complexity index is 478. The summed E-state index contributed by atoms with van der Waals surface area (Å²) < 4.78 is 5.04. The van der Waals surface area contributed by atoms with Crippen LogP contribution in [-0.4, -0.2) is 44.8 Å². The minimum atomic E-state index is 0.00898. The molecule has 2 rings (SSSR count). The predicted molar refractivity (Wildman–Crippen MR) is 84.4 cm³/mol. The van der Waals surface area contributed by atoms with Gasteiger partial charge in [0.25, 0.3) is 0 Å². The summed E-state index contributed by atoms with van der Waals surface area (Å²) in [5, 5.41) is 2.96. The molecule has 1 aromatic carbocycles. The monoisotopic (exact) mass is 291 g/mol. The molecule has 0 aliphatic carbocycles. The van der Waals surface area contributed by atoms with E-state index in [-0.39, 0.29) is 18.0 Å². The summed E-state index contributed by atoms with van der Waals surface area (Å²) >= 11 is 0. The number of methoxy groups -OCH3 is 1. The molecule has 21 heavy (non-hydrogen) atoms. The summed E-state index contributed by atoms with van der Waals surface area (Å²) in [7, 11) is 1.63. The zero-order valence-corrected chi connectivity index (χ0v) is 12.8. The first-order valence-corrected chi connectivity index (χ1v) is 7.48. The number of hydrogen-bond acceptors (Lipinski definition) is 4. The van der Waals surface area contributed by atoms with Gasteiger partial charge in [-0.3, -0.25) is 4.79 Å². The summed E-state index contributed by atoms with van der Waals surface area (Å²) in [6, 6.07) is 8.49. The zero-order chi connectivity index (χ0) is 15.2. The van der Waals surface area contributed by atoms with E-state index in [9.17, 15) is 4.79 Å². The van der Waals surface area contributed by atoms with Gasteiger partial charge in [-0.1, -0.05) is 18.2 Å².